The van der Waals surface area contributed by atoms with Crippen molar-refractivity contribution < 1.29 is 13.9 Å². The molecule has 0 N–H and O–H groups in total. The summed E-state index contributed by atoms with van der Waals surface area (Å²) in [5.74, 6) is -0.391. The van der Waals surface area contributed by atoms with Gasteiger partial charge in [0, 0.05) is 12.2 Å². The van der Waals surface area contributed by atoms with Crippen LogP contribution in [-0.4, -0.2) is 19.3 Å². The number of benzene rings is 1. The first-order valence-corrected chi connectivity index (χ1v) is 5.17. The molecule has 3 nitrogen and oxygen atoms in total. The van der Waals surface area contributed by atoms with Gasteiger partial charge in [-0.05, 0) is 18.6 Å². The smallest absolute Gasteiger partial charge is 0.130 e. The summed E-state index contributed by atoms with van der Waals surface area (Å²) < 4.78 is 24.1. The summed E-state index contributed by atoms with van der Waals surface area (Å²) in [5.41, 5.74) is 0.802. The largest absolute Gasteiger partial charge is 0.379 e. The van der Waals surface area contributed by atoms with Gasteiger partial charge in [0.2, 0.25) is 0 Å². The number of hydrogen-bond acceptors (Lipinski definition) is 3. The zero-order chi connectivity index (χ0) is 11.4. The fourth-order valence-corrected chi connectivity index (χ4v) is 1.59. The standard InChI is InChI=1S/C12H12FNO2/c13-12-5-9(6-14)1-2-10(12)7-16-11-3-4-15-8-11/h1-2,5,11H,3-4,7-8H2. The average Bonchev–Trinajstić information content (AvgIpc) is 2.80. The first-order chi connectivity index (χ1) is 7.79. The Morgan fingerprint density at radius 1 is 1.56 bits per heavy atom. The highest BCUT2D eigenvalue weighted by molar-refractivity contribution is 5.32. The van der Waals surface area contributed by atoms with Crippen LogP contribution in [0, 0.1) is 17.1 Å². The van der Waals surface area contributed by atoms with Gasteiger partial charge in [-0.15, -0.1) is 0 Å². The molecule has 1 aliphatic rings. The lowest BCUT2D eigenvalue weighted by molar-refractivity contribution is 0.0304. The maximum absolute atomic E-state index is 13.4. The van der Waals surface area contributed by atoms with Crippen molar-refractivity contribution >= 4 is 0 Å². The Kier molecular flexibility index (Phi) is 3.50. The molecule has 1 heterocycles. The van der Waals surface area contributed by atoms with Crippen LogP contribution in [0.25, 0.3) is 0 Å². The summed E-state index contributed by atoms with van der Waals surface area (Å²) in [4.78, 5) is 0. The van der Waals surface area contributed by atoms with E-state index in [0.29, 0.717) is 24.3 Å². The summed E-state index contributed by atoms with van der Waals surface area (Å²) in [5, 5.41) is 8.59. The van der Waals surface area contributed by atoms with Crippen LogP contribution in [0.5, 0.6) is 0 Å². The predicted octanol–water partition coefficient (Wildman–Crippen LogP) is 2.00. The van der Waals surface area contributed by atoms with E-state index in [4.69, 9.17) is 14.7 Å². The molecule has 0 aromatic heterocycles. The SMILES string of the molecule is N#Cc1ccc(COC2CCOC2)c(F)c1. The highest BCUT2D eigenvalue weighted by Gasteiger charge is 2.16. The van der Waals surface area contributed by atoms with Gasteiger partial charge in [-0.1, -0.05) is 6.07 Å². The minimum Gasteiger partial charge on any atom is -0.379 e. The van der Waals surface area contributed by atoms with Crippen molar-refractivity contribution in [3.63, 3.8) is 0 Å². The zero-order valence-electron chi connectivity index (χ0n) is 8.78. The van der Waals surface area contributed by atoms with E-state index in [1.807, 2.05) is 6.07 Å². The number of halogens is 1. The summed E-state index contributed by atoms with van der Waals surface area (Å²) in [7, 11) is 0. The highest BCUT2D eigenvalue weighted by atomic mass is 19.1. The third kappa shape index (κ3) is 2.57. The lowest BCUT2D eigenvalue weighted by atomic mass is 10.1. The van der Waals surface area contributed by atoms with Crippen LogP contribution in [0.15, 0.2) is 18.2 Å². The minimum absolute atomic E-state index is 0.0649. The molecule has 0 spiro atoms. The number of nitrogens with zero attached hydrogens (tertiary/aromatic N) is 1. The van der Waals surface area contributed by atoms with E-state index in [9.17, 15) is 4.39 Å². The van der Waals surface area contributed by atoms with E-state index in [0.717, 1.165) is 6.42 Å². The van der Waals surface area contributed by atoms with Gasteiger partial charge in [0.15, 0.2) is 0 Å². The third-order valence-electron chi connectivity index (χ3n) is 2.54. The topological polar surface area (TPSA) is 42.2 Å². The first-order valence-electron chi connectivity index (χ1n) is 5.17. The molecular formula is C12H12FNO2. The number of ether oxygens (including phenoxy) is 2. The molecule has 2 rings (SSSR count). The van der Waals surface area contributed by atoms with Gasteiger partial charge in [0.25, 0.3) is 0 Å². The third-order valence-corrected chi connectivity index (χ3v) is 2.54. The second-order valence-electron chi connectivity index (χ2n) is 3.71. The molecular weight excluding hydrogens is 209 g/mol. The Morgan fingerprint density at radius 2 is 2.44 bits per heavy atom. The molecule has 1 fully saturated rings. The minimum atomic E-state index is -0.391. The Balaban J connectivity index is 1.96. The molecule has 1 aromatic rings. The van der Waals surface area contributed by atoms with Crippen LogP contribution in [-0.2, 0) is 16.1 Å². The second kappa shape index (κ2) is 5.06. The van der Waals surface area contributed by atoms with Crippen LogP contribution >= 0.6 is 0 Å². The van der Waals surface area contributed by atoms with Crippen molar-refractivity contribution in [3.05, 3.63) is 35.1 Å². The summed E-state index contributed by atoms with van der Waals surface area (Å²) in [6.45, 7) is 1.52. The molecule has 0 bridgehead atoms. The van der Waals surface area contributed by atoms with Crippen molar-refractivity contribution in [1.29, 1.82) is 5.26 Å². The van der Waals surface area contributed by atoms with Gasteiger partial charge in [-0.25, -0.2) is 4.39 Å². The molecule has 84 valence electrons. The van der Waals surface area contributed by atoms with Crippen LogP contribution < -0.4 is 0 Å². The van der Waals surface area contributed by atoms with Gasteiger partial charge >= 0.3 is 0 Å². The fourth-order valence-electron chi connectivity index (χ4n) is 1.59. The molecule has 1 aromatic carbocycles. The lowest BCUT2D eigenvalue weighted by Gasteiger charge is -2.10. The fraction of sp³-hybridized carbons (Fsp3) is 0.417. The molecule has 4 heteroatoms. The Labute approximate surface area is 93.4 Å². The van der Waals surface area contributed by atoms with E-state index in [2.05, 4.69) is 0 Å². The molecule has 1 saturated heterocycles. The normalized spacial score (nSPS) is 19.6. The molecule has 0 amide bonds. The van der Waals surface area contributed by atoms with Crippen molar-refractivity contribution in [2.45, 2.75) is 19.1 Å². The van der Waals surface area contributed by atoms with Crippen molar-refractivity contribution in [3.8, 4) is 6.07 Å². The maximum atomic E-state index is 13.4. The number of nitriles is 1. The van der Waals surface area contributed by atoms with Gasteiger partial charge in [0.05, 0.1) is 31.0 Å². The van der Waals surface area contributed by atoms with E-state index >= 15 is 0 Å². The van der Waals surface area contributed by atoms with Crippen molar-refractivity contribution in [1.82, 2.24) is 0 Å². The lowest BCUT2D eigenvalue weighted by Crippen LogP contribution is -2.12. The highest BCUT2D eigenvalue weighted by Crippen LogP contribution is 2.15. The van der Waals surface area contributed by atoms with Crippen LogP contribution in [0.2, 0.25) is 0 Å². The van der Waals surface area contributed by atoms with Gasteiger partial charge in [-0.3, -0.25) is 0 Å². The van der Waals surface area contributed by atoms with Gasteiger partial charge < -0.3 is 9.47 Å². The maximum Gasteiger partial charge on any atom is 0.130 e. The van der Waals surface area contributed by atoms with Crippen molar-refractivity contribution in [2.75, 3.05) is 13.2 Å². The number of hydrogen-bond donors (Lipinski definition) is 0. The molecule has 16 heavy (non-hydrogen) atoms. The van der Waals surface area contributed by atoms with Crippen molar-refractivity contribution in [2.24, 2.45) is 0 Å². The quantitative estimate of drug-likeness (QED) is 0.784. The van der Waals surface area contributed by atoms with E-state index < -0.39 is 5.82 Å². The Bertz CT molecular complexity index is 408. The number of rotatable bonds is 3. The van der Waals surface area contributed by atoms with Gasteiger partial charge in [0.1, 0.15) is 5.82 Å². The van der Waals surface area contributed by atoms with E-state index in [1.165, 1.54) is 6.07 Å². The molecule has 1 atom stereocenters. The van der Waals surface area contributed by atoms with Crippen LogP contribution in [0.4, 0.5) is 4.39 Å². The first kappa shape index (κ1) is 11.1. The summed E-state index contributed by atoms with van der Waals surface area (Å²) in [6.07, 6.45) is 0.924. The molecule has 1 aliphatic heterocycles. The zero-order valence-corrected chi connectivity index (χ0v) is 8.78. The Morgan fingerprint density at radius 3 is 3.06 bits per heavy atom. The molecule has 0 saturated carbocycles. The second-order valence-corrected chi connectivity index (χ2v) is 3.71. The molecule has 1 unspecified atom stereocenters. The summed E-state index contributed by atoms with van der Waals surface area (Å²) in [6, 6.07) is 6.29. The predicted molar refractivity (Wildman–Crippen MR) is 55.1 cm³/mol. The monoisotopic (exact) mass is 221 g/mol. The van der Waals surface area contributed by atoms with E-state index in [-0.39, 0.29) is 12.7 Å². The van der Waals surface area contributed by atoms with Crippen LogP contribution in [0.1, 0.15) is 17.5 Å². The average molecular weight is 221 g/mol. The van der Waals surface area contributed by atoms with Crippen LogP contribution in [0.3, 0.4) is 0 Å². The molecule has 0 radical (unpaired) electrons. The molecule has 0 aliphatic carbocycles. The Hall–Kier alpha value is -1.44. The van der Waals surface area contributed by atoms with E-state index in [1.54, 1.807) is 12.1 Å². The van der Waals surface area contributed by atoms with Gasteiger partial charge in [-0.2, -0.15) is 5.26 Å². The summed E-state index contributed by atoms with van der Waals surface area (Å²) >= 11 is 0.